The van der Waals surface area contributed by atoms with E-state index >= 15 is 0 Å². The summed E-state index contributed by atoms with van der Waals surface area (Å²) in [6, 6.07) is 9.93. The molecule has 0 amide bonds. The van der Waals surface area contributed by atoms with E-state index < -0.39 is 11.7 Å². The molecule has 7 heteroatoms. The number of hydrogen-bond donors (Lipinski definition) is 2. The molecule has 2 aromatic rings. The average Bonchev–Trinajstić information content (AvgIpc) is 2.83. The van der Waals surface area contributed by atoms with Crippen molar-refractivity contribution in [1.29, 1.82) is 0 Å². The van der Waals surface area contributed by atoms with Crippen molar-refractivity contribution in [2.45, 2.75) is 31.2 Å². The zero-order valence-electron chi connectivity index (χ0n) is 15.4. The van der Waals surface area contributed by atoms with E-state index in [1.165, 1.54) is 17.3 Å². The lowest BCUT2D eigenvalue weighted by Crippen LogP contribution is -2.44. The molecule has 0 bridgehead atoms. The smallest absolute Gasteiger partial charge is 0.375 e. The Morgan fingerprint density at radius 1 is 1.14 bits per heavy atom. The topological polar surface area (TPSA) is 36.5 Å². The number of nitrogens with one attached hydrogen (secondary N) is 2. The fourth-order valence-electron chi connectivity index (χ4n) is 4.80. The summed E-state index contributed by atoms with van der Waals surface area (Å²) in [6.07, 6.45) is -3.26. The highest BCUT2D eigenvalue weighted by atomic mass is 19.4. The minimum Gasteiger partial charge on any atom is -0.375 e. The van der Waals surface area contributed by atoms with E-state index in [0.29, 0.717) is 30.9 Å². The molecule has 4 nitrogen and oxygen atoms in total. The van der Waals surface area contributed by atoms with Crippen molar-refractivity contribution in [3.63, 3.8) is 0 Å². The molecule has 0 saturated carbocycles. The van der Waals surface area contributed by atoms with Gasteiger partial charge in [0.2, 0.25) is 0 Å². The zero-order valence-corrected chi connectivity index (χ0v) is 15.4. The van der Waals surface area contributed by atoms with E-state index in [0.717, 1.165) is 49.4 Å². The van der Waals surface area contributed by atoms with E-state index in [1.807, 2.05) is 6.07 Å². The number of hydrogen-bond acceptors (Lipinski definition) is 4. The Morgan fingerprint density at radius 3 is 2.89 bits per heavy atom. The van der Waals surface area contributed by atoms with E-state index in [4.69, 9.17) is 4.74 Å². The number of anilines is 3. The van der Waals surface area contributed by atoms with Gasteiger partial charge in [0.1, 0.15) is 0 Å². The highest BCUT2D eigenvalue weighted by Gasteiger charge is 2.41. The Morgan fingerprint density at radius 2 is 2.04 bits per heavy atom. The molecule has 0 spiro atoms. The third kappa shape index (κ3) is 3.02. The van der Waals surface area contributed by atoms with Gasteiger partial charge >= 0.3 is 6.18 Å². The van der Waals surface area contributed by atoms with Crippen molar-refractivity contribution in [1.82, 2.24) is 5.32 Å². The summed E-state index contributed by atoms with van der Waals surface area (Å²) < 4.78 is 44.9. The Bertz CT molecular complexity index is 899. The summed E-state index contributed by atoms with van der Waals surface area (Å²) in [4.78, 5) is 2.48. The predicted octanol–water partition coefficient (Wildman–Crippen LogP) is 4.24. The molecule has 0 aromatic heterocycles. The summed E-state index contributed by atoms with van der Waals surface area (Å²) in [5, 5.41) is 6.67. The molecule has 3 aliphatic heterocycles. The third-order valence-corrected chi connectivity index (χ3v) is 5.96. The molecule has 0 unspecified atom stereocenters. The van der Waals surface area contributed by atoms with Crippen LogP contribution in [0.3, 0.4) is 0 Å². The first-order chi connectivity index (χ1) is 13.5. The maximum Gasteiger partial charge on any atom is 0.416 e. The van der Waals surface area contributed by atoms with Gasteiger partial charge in [-0.25, -0.2) is 0 Å². The SMILES string of the molecule is FC(F)(F)c1cccc(Nc2cc3c4c(c2)[C@@H]2CNCC[C@@H]2N4CCOC3)c1. The highest BCUT2D eigenvalue weighted by molar-refractivity contribution is 5.74. The highest BCUT2D eigenvalue weighted by Crippen LogP contribution is 2.47. The Kier molecular flexibility index (Phi) is 4.25. The maximum absolute atomic E-state index is 13.0. The molecule has 0 radical (unpaired) electrons. The van der Waals surface area contributed by atoms with Gasteiger partial charge < -0.3 is 20.3 Å². The molecule has 3 aliphatic rings. The first-order valence-corrected chi connectivity index (χ1v) is 9.67. The first-order valence-electron chi connectivity index (χ1n) is 9.67. The van der Waals surface area contributed by atoms with Crippen molar-refractivity contribution >= 4 is 17.1 Å². The van der Waals surface area contributed by atoms with Crippen molar-refractivity contribution in [2.75, 3.05) is 36.5 Å². The molecular formula is C21H22F3N3O. The van der Waals surface area contributed by atoms with Crippen molar-refractivity contribution in [2.24, 2.45) is 0 Å². The van der Waals surface area contributed by atoms with Gasteiger partial charge in [-0.1, -0.05) is 6.07 Å². The van der Waals surface area contributed by atoms with E-state index in [1.54, 1.807) is 6.07 Å². The number of rotatable bonds is 2. The van der Waals surface area contributed by atoms with Crippen LogP contribution in [-0.2, 0) is 17.5 Å². The molecule has 1 saturated heterocycles. The summed E-state index contributed by atoms with van der Waals surface area (Å²) in [6.45, 7) is 4.06. The number of fused-ring (bicyclic) bond motifs is 3. The molecule has 0 aliphatic carbocycles. The number of ether oxygens (including phenoxy) is 1. The molecule has 2 N–H and O–H groups in total. The fraction of sp³-hybridized carbons (Fsp3) is 0.429. The Hall–Kier alpha value is -2.25. The van der Waals surface area contributed by atoms with E-state index in [9.17, 15) is 13.2 Å². The minimum absolute atomic E-state index is 0.406. The second kappa shape index (κ2) is 6.67. The maximum atomic E-state index is 13.0. The van der Waals surface area contributed by atoms with Crippen LogP contribution in [0.1, 0.15) is 29.0 Å². The molecule has 2 atom stereocenters. The summed E-state index contributed by atoms with van der Waals surface area (Å²) in [5.74, 6) is 0.406. The van der Waals surface area contributed by atoms with Crippen LogP contribution in [-0.4, -0.2) is 32.3 Å². The molecule has 28 heavy (non-hydrogen) atoms. The summed E-state index contributed by atoms with van der Waals surface area (Å²) in [7, 11) is 0. The van der Waals surface area contributed by atoms with Gasteiger partial charge in [0.25, 0.3) is 0 Å². The van der Waals surface area contributed by atoms with Crippen LogP contribution < -0.4 is 15.5 Å². The first kappa shape index (κ1) is 17.8. The number of benzene rings is 2. The van der Waals surface area contributed by atoms with Gasteiger partial charge in [0, 0.05) is 47.7 Å². The number of halogens is 3. The van der Waals surface area contributed by atoms with E-state index in [2.05, 4.69) is 21.6 Å². The van der Waals surface area contributed by atoms with Gasteiger partial charge in [0.15, 0.2) is 0 Å². The molecular weight excluding hydrogens is 367 g/mol. The molecule has 148 valence electrons. The van der Waals surface area contributed by atoms with Gasteiger partial charge in [-0.2, -0.15) is 13.2 Å². The number of nitrogens with zero attached hydrogens (tertiary/aromatic N) is 1. The molecule has 1 fully saturated rings. The second-order valence-corrected chi connectivity index (χ2v) is 7.69. The summed E-state index contributed by atoms with van der Waals surface area (Å²) in [5.41, 5.74) is 4.25. The predicted molar refractivity (Wildman–Crippen MR) is 102 cm³/mol. The molecule has 3 heterocycles. The van der Waals surface area contributed by atoms with Crippen LogP contribution in [0.15, 0.2) is 36.4 Å². The van der Waals surface area contributed by atoms with Crippen molar-refractivity contribution < 1.29 is 17.9 Å². The van der Waals surface area contributed by atoms with Crippen LogP contribution in [0.5, 0.6) is 0 Å². The van der Waals surface area contributed by atoms with Gasteiger partial charge in [-0.3, -0.25) is 0 Å². The Balaban J connectivity index is 1.52. The standard InChI is InChI=1S/C21H22F3N3O/c22-21(23,24)14-2-1-3-15(9-14)26-16-8-13-12-28-7-6-27-19-4-5-25-11-18(19)17(10-16)20(13)27/h1-3,8-10,18-19,25-26H,4-7,11-12H2/t18-,19-/m0/s1. The molecule has 5 rings (SSSR count). The largest absolute Gasteiger partial charge is 0.416 e. The second-order valence-electron chi connectivity index (χ2n) is 7.69. The van der Waals surface area contributed by atoms with Crippen LogP contribution in [0.4, 0.5) is 30.2 Å². The molecule has 2 aromatic carbocycles. The van der Waals surface area contributed by atoms with Crippen molar-refractivity contribution in [3.05, 3.63) is 53.1 Å². The summed E-state index contributed by atoms with van der Waals surface area (Å²) >= 11 is 0. The van der Waals surface area contributed by atoms with Crippen LogP contribution >= 0.6 is 0 Å². The lowest BCUT2D eigenvalue weighted by molar-refractivity contribution is -0.137. The quantitative estimate of drug-likeness (QED) is 0.805. The minimum atomic E-state index is -4.35. The van der Waals surface area contributed by atoms with Gasteiger partial charge in [0.05, 0.1) is 18.8 Å². The van der Waals surface area contributed by atoms with Crippen LogP contribution in [0.2, 0.25) is 0 Å². The van der Waals surface area contributed by atoms with Gasteiger partial charge in [-0.05, 0) is 48.9 Å². The lowest BCUT2D eigenvalue weighted by Gasteiger charge is -2.33. The number of alkyl halides is 3. The van der Waals surface area contributed by atoms with Crippen molar-refractivity contribution in [3.8, 4) is 0 Å². The third-order valence-electron chi connectivity index (χ3n) is 5.96. The van der Waals surface area contributed by atoms with E-state index in [-0.39, 0.29) is 0 Å². The van der Waals surface area contributed by atoms with Gasteiger partial charge in [-0.15, -0.1) is 0 Å². The monoisotopic (exact) mass is 389 g/mol. The lowest BCUT2D eigenvalue weighted by atomic mass is 9.89. The Labute approximate surface area is 161 Å². The number of piperidine rings is 1. The fourth-order valence-corrected chi connectivity index (χ4v) is 4.80. The van der Waals surface area contributed by atoms with Crippen LogP contribution in [0.25, 0.3) is 0 Å². The normalized spacial score (nSPS) is 23.8. The zero-order chi connectivity index (χ0) is 19.3. The van der Waals surface area contributed by atoms with Crippen LogP contribution in [0, 0.1) is 0 Å². The average molecular weight is 389 g/mol.